The smallest absolute Gasteiger partial charge is 0.306 e. The van der Waals surface area contributed by atoms with Crippen LogP contribution in [-0.4, -0.2) is 37.2 Å². The number of rotatable bonds is 56. The monoisotopic (exact) mass is 1040 g/mol. The van der Waals surface area contributed by atoms with Crippen LogP contribution >= 0.6 is 0 Å². The molecule has 1 atom stereocenters. The van der Waals surface area contributed by atoms with Gasteiger partial charge in [0.15, 0.2) is 6.10 Å². The minimum atomic E-state index is -0.809. The number of carbonyl (C=O) groups excluding carboxylic acids is 3. The molecule has 75 heavy (non-hydrogen) atoms. The molecule has 6 heteroatoms. The Morgan fingerprint density at radius 2 is 0.560 bits per heavy atom. The lowest BCUT2D eigenvalue weighted by molar-refractivity contribution is -0.167. The van der Waals surface area contributed by atoms with Crippen LogP contribution in [0.2, 0.25) is 0 Å². The summed E-state index contributed by atoms with van der Waals surface area (Å²) in [4.78, 5) is 38.2. The van der Waals surface area contributed by atoms with Crippen molar-refractivity contribution in [1.82, 2.24) is 0 Å². The standard InChI is InChI=1S/C69H116O6/c1-4-7-10-13-16-19-22-25-27-29-31-33-34-36-37-39-41-44-47-50-53-56-59-62-68(71)74-65-66(64-73-67(70)61-58-55-52-49-46-43-24-21-18-15-12-9-6-3)75-69(72)63-60-57-54-51-48-45-42-40-38-35-32-30-28-26-23-20-17-14-11-8-5-2/h7,10,12,15-16,19,21,24-25,27,31,33,36-37,41,44,50,53,66H,4-6,8-9,11,13-14,17-18,20,22-23,26,28-30,32,34-35,38-40,42-43,45-49,51-52,54-65H2,1-3H3/b10-7-,15-12-,19-16-,24-21-,27-25-,33-31-,37-36-,44-41-,53-50-. The van der Waals surface area contributed by atoms with Gasteiger partial charge in [-0.15, -0.1) is 0 Å². The summed E-state index contributed by atoms with van der Waals surface area (Å²) in [7, 11) is 0. The number of allylic oxidation sites excluding steroid dienone is 18. The van der Waals surface area contributed by atoms with Gasteiger partial charge in [0.25, 0.3) is 0 Å². The highest BCUT2D eigenvalue weighted by Gasteiger charge is 2.19. The fourth-order valence-electron chi connectivity index (χ4n) is 8.59. The third-order valence-electron chi connectivity index (χ3n) is 13.2. The summed E-state index contributed by atoms with van der Waals surface area (Å²) >= 11 is 0. The molecule has 0 rings (SSSR count). The van der Waals surface area contributed by atoms with Crippen molar-refractivity contribution in [3.63, 3.8) is 0 Å². The van der Waals surface area contributed by atoms with Gasteiger partial charge in [-0.2, -0.15) is 0 Å². The van der Waals surface area contributed by atoms with E-state index in [0.717, 1.165) is 122 Å². The van der Waals surface area contributed by atoms with E-state index in [4.69, 9.17) is 14.2 Å². The number of ether oxygens (including phenoxy) is 3. The topological polar surface area (TPSA) is 78.9 Å². The van der Waals surface area contributed by atoms with Gasteiger partial charge in [0.1, 0.15) is 13.2 Å². The fraction of sp³-hybridized carbons (Fsp3) is 0.696. The largest absolute Gasteiger partial charge is 0.462 e. The van der Waals surface area contributed by atoms with Crippen LogP contribution in [0.1, 0.15) is 290 Å². The molecule has 0 bridgehead atoms. The zero-order valence-electron chi connectivity index (χ0n) is 49.0. The summed E-state index contributed by atoms with van der Waals surface area (Å²) < 4.78 is 16.9. The summed E-state index contributed by atoms with van der Waals surface area (Å²) in [5.41, 5.74) is 0. The summed E-state index contributed by atoms with van der Waals surface area (Å²) in [6.07, 6.45) is 85.3. The van der Waals surface area contributed by atoms with Crippen molar-refractivity contribution >= 4 is 17.9 Å². The third-order valence-corrected chi connectivity index (χ3v) is 13.2. The maximum absolute atomic E-state index is 12.9. The van der Waals surface area contributed by atoms with Crippen molar-refractivity contribution < 1.29 is 28.6 Å². The van der Waals surface area contributed by atoms with Gasteiger partial charge in [0.05, 0.1) is 0 Å². The molecular weight excluding hydrogens is 925 g/mol. The Labute approximate surface area is 463 Å². The van der Waals surface area contributed by atoms with Gasteiger partial charge in [-0.3, -0.25) is 14.4 Å². The van der Waals surface area contributed by atoms with E-state index in [1.54, 1.807) is 0 Å². The van der Waals surface area contributed by atoms with Crippen molar-refractivity contribution in [3.05, 3.63) is 109 Å². The van der Waals surface area contributed by atoms with Crippen molar-refractivity contribution in [2.24, 2.45) is 0 Å². The molecule has 0 aliphatic heterocycles. The van der Waals surface area contributed by atoms with Gasteiger partial charge in [-0.25, -0.2) is 0 Å². The molecule has 0 N–H and O–H groups in total. The molecule has 0 spiro atoms. The molecule has 1 unspecified atom stereocenters. The minimum Gasteiger partial charge on any atom is -0.462 e. The van der Waals surface area contributed by atoms with Gasteiger partial charge in [0.2, 0.25) is 0 Å². The lowest BCUT2D eigenvalue weighted by Gasteiger charge is -2.18. The number of carbonyl (C=O) groups is 3. The lowest BCUT2D eigenvalue weighted by atomic mass is 10.0. The molecule has 0 aliphatic carbocycles. The first-order valence-corrected chi connectivity index (χ1v) is 31.4. The predicted molar refractivity (Wildman–Crippen MR) is 325 cm³/mol. The zero-order chi connectivity index (χ0) is 54.3. The van der Waals surface area contributed by atoms with E-state index in [-0.39, 0.29) is 37.5 Å². The van der Waals surface area contributed by atoms with Crippen LogP contribution < -0.4 is 0 Å². The molecular formula is C69H116O6. The van der Waals surface area contributed by atoms with E-state index in [1.807, 2.05) is 0 Å². The van der Waals surface area contributed by atoms with Crippen LogP contribution in [0.25, 0.3) is 0 Å². The van der Waals surface area contributed by atoms with E-state index in [1.165, 1.54) is 122 Å². The second-order valence-corrected chi connectivity index (χ2v) is 20.6. The van der Waals surface area contributed by atoms with E-state index in [2.05, 4.69) is 130 Å². The van der Waals surface area contributed by atoms with E-state index < -0.39 is 6.10 Å². The molecule has 0 aromatic heterocycles. The number of esters is 3. The molecule has 0 fully saturated rings. The molecule has 0 radical (unpaired) electrons. The van der Waals surface area contributed by atoms with Crippen molar-refractivity contribution in [1.29, 1.82) is 0 Å². The number of unbranched alkanes of at least 4 members (excludes halogenated alkanes) is 27. The van der Waals surface area contributed by atoms with Crippen LogP contribution in [0.15, 0.2) is 109 Å². The Morgan fingerprint density at radius 1 is 0.280 bits per heavy atom. The van der Waals surface area contributed by atoms with Crippen LogP contribution in [0, 0.1) is 0 Å². The molecule has 0 saturated heterocycles. The second-order valence-electron chi connectivity index (χ2n) is 20.6. The van der Waals surface area contributed by atoms with Gasteiger partial charge in [-0.1, -0.05) is 284 Å². The van der Waals surface area contributed by atoms with Crippen molar-refractivity contribution in [2.75, 3.05) is 13.2 Å². The second kappa shape index (κ2) is 62.6. The SMILES string of the molecule is CC/C=C\C/C=C\C/C=C\C/C=C\C/C=C\C/C=C\C/C=C\CCCC(=O)OCC(COC(=O)CCCCCCC/C=C\C/C=C\CCC)OC(=O)CCCCCCCCCCCCCCCCCCCCCCC. The molecule has 0 aliphatic rings. The summed E-state index contributed by atoms with van der Waals surface area (Å²) in [5.74, 6) is -0.970. The Morgan fingerprint density at radius 3 is 0.920 bits per heavy atom. The van der Waals surface area contributed by atoms with Crippen molar-refractivity contribution in [2.45, 2.75) is 297 Å². The quantitative estimate of drug-likeness (QED) is 0.0261. The predicted octanol–water partition coefficient (Wildman–Crippen LogP) is 21.4. The van der Waals surface area contributed by atoms with Gasteiger partial charge < -0.3 is 14.2 Å². The molecule has 0 aromatic carbocycles. The molecule has 6 nitrogen and oxygen atoms in total. The normalized spacial score (nSPS) is 12.8. The van der Waals surface area contributed by atoms with Crippen molar-refractivity contribution in [3.8, 4) is 0 Å². The summed E-state index contributed by atoms with van der Waals surface area (Å²) in [5, 5.41) is 0. The van der Waals surface area contributed by atoms with Crippen LogP contribution in [0.3, 0.4) is 0 Å². The summed E-state index contributed by atoms with van der Waals surface area (Å²) in [6.45, 7) is 6.43. The maximum Gasteiger partial charge on any atom is 0.306 e. The first-order chi connectivity index (χ1) is 37.0. The van der Waals surface area contributed by atoms with Crippen LogP contribution in [0.4, 0.5) is 0 Å². The highest BCUT2D eigenvalue weighted by molar-refractivity contribution is 5.71. The average Bonchev–Trinajstić information content (AvgIpc) is 3.41. The lowest BCUT2D eigenvalue weighted by Crippen LogP contribution is -2.30. The minimum absolute atomic E-state index is 0.103. The first kappa shape index (κ1) is 71.1. The Balaban J connectivity index is 4.44. The Hall–Kier alpha value is -3.93. The third kappa shape index (κ3) is 60.8. The van der Waals surface area contributed by atoms with E-state index >= 15 is 0 Å². The highest BCUT2D eigenvalue weighted by atomic mass is 16.6. The van der Waals surface area contributed by atoms with E-state index in [0.29, 0.717) is 19.3 Å². The molecule has 0 amide bonds. The average molecular weight is 1040 g/mol. The summed E-state index contributed by atoms with van der Waals surface area (Å²) in [6, 6.07) is 0. The number of hydrogen-bond donors (Lipinski definition) is 0. The molecule has 0 heterocycles. The Kier molecular flexibility index (Phi) is 59.3. The molecule has 428 valence electrons. The van der Waals surface area contributed by atoms with Gasteiger partial charge in [0, 0.05) is 19.3 Å². The van der Waals surface area contributed by atoms with Gasteiger partial charge >= 0.3 is 17.9 Å². The fourth-order valence-corrected chi connectivity index (χ4v) is 8.59. The van der Waals surface area contributed by atoms with Gasteiger partial charge in [-0.05, 0) is 96.3 Å². The molecule has 0 saturated carbocycles. The maximum atomic E-state index is 12.9. The Bertz CT molecular complexity index is 1520. The zero-order valence-corrected chi connectivity index (χ0v) is 49.0. The first-order valence-electron chi connectivity index (χ1n) is 31.4. The van der Waals surface area contributed by atoms with Crippen LogP contribution in [-0.2, 0) is 28.6 Å². The highest BCUT2D eigenvalue weighted by Crippen LogP contribution is 2.16. The van der Waals surface area contributed by atoms with Crippen LogP contribution in [0.5, 0.6) is 0 Å². The molecule has 0 aromatic rings. The number of hydrogen-bond acceptors (Lipinski definition) is 6. The van der Waals surface area contributed by atoms with E-state index in [9.17, 15) is 14.4 Å².